The predicted molar refractivity (Wildman–Crippen MR) is 141 cm³/mol. The number of fused-ring (bicyclic) bond motifs is 1. The number of nitrogens with two attached hydrogens (primary N) is 1. The van der Waals surface area contributed by atoms with Crippen LogP contribution in [0.2, 0.25) is 0 Å². The third-order valence-corrected chi connectivity index (χ3v) is 7.34. The van der Waals surface area contributed by atoms with Gasteiger partial charge in [-0.25, -0.2) is 34.2 Å². The van der Waals surface area contributed by atoms with Crippen LogP contribution in [0, 0.1) is 0 Å². The van der Waals surface area contributed by atoms with Crippen LogP contribution in [0.4, 0.5) is 10.6 Å². The van der Waals surface area contributed by atoms with Crippen LogP contribution in [0.3, 0.4) is 0 Å². The Morgan fingerprint density at radius 3 is 2.45 bits per heavy atom. The van der Waals surface area contributed by atoms with Crippen LogP contribution in [0.1, 0.15) is 68.7 Å². The Morgan fingerprint density at radius 1 is 1.07 bits per heavy atom. The zero-order valence-electron chi connectivity index (χ0n) is 22.1. The number of nitrogen functional groups attached to an aromatic ring is 1. The van der Waals surface area contributed by atoms with E-state index < -0.39 is 18.7 Å². The van der Waals surface area contributed by atoms with Crippen LogP contribution in [0.5, 0.6) is 0 Å². The van der Waals surface area contributed by atoms with E-state index in [9.17, 15) is 9.59 Å². The number of carbonyl (C=O) groups is 2. The molecule has 4 aromatic rings. The standard InChI is InChI=1S/C26H29N9O5/c1-13(2)35-25-19(23(27)30-12-31-25)20(32-35)21-18(22(40-33-21)15-3-4-15)24-28-9-16(10-29-24)14-5-7-34(8-6-14)26(38)39-11-17(36)37/h9-10,12-15H,3-8,11H2,1-2H3,(H,36,37)(H2,27,30,31). The third-order valence-electron chi connectivity index (χ3n) is 7.34. The second-order valence-electron chi connectivity index (χ2n) is 10.4. The minimum absolute atomic E-state index is 0.0322. The molecule has 2 aliphatic rings. The van der Waals surface area contributed by atoms with Gasteiger partial charge in [-0.15, -0.1) is 0 Å². The first-order valence-electron chi connectivity index (χ1n) is 13.3. The molecule has 4 aromatic heterocycles. The van der Waals surface area contributed by atoms with E-state index in [2.05, 4.69) is 15.1 Å². The van der Waals surface area contributed by atoms with Crippen molar-refractivity contribution in [2.45, 2.75) is 57.4 Å². The number of anilines is 1. The highest BCUT2D eigenvalue weighted by atomic mass is 16.6. The highest BCUT2D eigenvalue weighted by Crippen LogP contribution is 2.48. The van der Waals surface area contributed by atoms with Crippen molar-refractivity contribution in [3.8, 4) is 22.8 Å². The van der Waals surface area contributed by atoms with E-state index in [1.807, 2.05) is 13.8 Å². The van der Waals surface area contributed by atoms with Gasteiger partial charge in [0.2, 0.25) is 0 Å². The Balaban J connectivity index is 1.29. The summed E-state index contributed by atoms with van der Waals surface area (Å²) in [6.07, 6.45) is 7.80. The molecule has 0 atom stereocenters. The van der Waals surface area contributed by atoms with Gasteiger partial charge in [-0.1, -0.05) is 5.16 Å². The fraction of sp³-hybridized carbons (Fsp3) is 0.462. The zero-order chi connectivity index (χ0) is 28.0. The summed E-state index contributed by atoms with van der Waals surface area (Å²) in [6.45, 7) is 4.30. The Labute approximate surface area is 228 Å². The van der Waals surface area contributed by atoms with E-state index >= 15 is 0 Å². The molecule has 5 heterocycles. The number of hydrogen-bond acceptors (Lipinski definition) is 11. The third kappa shape index (κ3) is 4.69. The number of hydrogen-bond donors (Lipinski definition) is 2. The molecule has 40 heavy (non-hydrogen) atoms. The van der Waals surface area contributed by atoms with Gasteiger partial charge in [-0.3, -0.25) is 0 Å². The van der Waals surface area contributed by atoms with E-state index in [4.69, 9.17) is 35.2 Å². The normalized spacial score (nSPS) is 16.1. The summed E-state index contributed by atoms with van der Waals surface area (Å²) in [4.78, 5) is 42.3. The first-order chi connectivity index (χ1) is 19.3. The minimum Gasteiger partial charge on any atom is -0.479 e. The minimum atomic E-state index is -1.18. The van der Waals surface area contributed by atoms with Gasteiger partial charge in [0.05, 0.1) is 10.9 Å². The highest BCUT2D eigenvalue weighted by molar-refractivity contribution is 6.00. The van der Waals surface area contributed by atoms with E-state index in [1.54, 1.807) is 17.1 Å². The second-order valence-corrected chi connectivity index (χ2v) is 10.4. The molecule has 2 fully saturated rings. The van der Waals surface area contributed by atoms with Crippen molar-refractivity contribution in [2.75, 3.05) is 25.4 Å². The predicted octanol–water partition coefficient (Wildman–Crippen LogP) is 3.38. The maximum absolute atomic E-state index is 12.1. The smallest absolute Gasteiger partial charge is 0.410 e. The van der Waals surface area contributed by atoms with Gasteiger partial charge < -0.3 is 25.0 Å². The molecule has 14 heteroatoms. The monoisotopic (exact) mass is 547 g/mol. The lowest BCUT2D eigenvalue weighted by atomic mass is 9.91. The molecule has 0 aromatic carbocycles. The van der Waals surface area contributed by atoms with Crippen molar-refractivity contribution in [1.29, 1.82) is 0 Å². The Kier molecular flexibility index (Phi) is 6.52. The number of carboxylic acid groups (broad SMARTS) is 1. The molecular formula is C26H29N9O5. The molecule has 208 valence electrons. The first kappa shape index (κ1) is 25.6. The molecule has 0 radical (unpaired) electrons. The number of carbonyl (C=O) groups excluding carboxylic acids is 1. The number of piperidine rings is 1. The van der Waals surface area contributed by atoms with E-state index in [-0.39, 0.29) is 17.9 Å². The van der Waals surface area contributed by atoms with Gasteiger partial charge in [-0.05, 0) is 51.0 Å². The van der Waals surface area contributed by atoms with Gasteiger partial charge in [0.25, 0.3) is 0 Å². The van der Waals surface area contributed by atoms with Crippen LogP contribution in [-0.2, 0) is 9.53 Å². The van der Waals surface area contributed by atoms with Crippen LogP contribution in [-0.4, -0.2) is 76.6 Å². The van der Waals surface area contributed by atoms with E-state index in [0.29, 0.717) is 65.6 Å². The molecule has 1 saturated carbocycles. The van der Waals surface area contributed by atoms with Gasteiger partial charge in [0.1, 0.15) is 23.5 Å². The van der Waals surface area contributed by atoms with Crippen molar-refractivity contribution in [2.24, 2.45) is 0 Å². The molecule has 1 saturated heterocycles. The SMILES string of the molecule is CC(C)n1nc(-c2noc(C3CC3)c2-c2ncc(C3CCN(C(=O)OCC(=O)O)CC3)cn2)c2c(N)ncnc21. The largest absolute Gasteiger partial charge is 0.479 e. The Morgan fingerprint density at radius 2 is 1.80 bits per heavy atom. The first-order valence-corrected chi connectivity index (χ1v) is 13.3. The number of ether oxygens (including phenoxy) is 1. The molecule has 14 nitrogen and oxygen atoms in total. The lowest BCUT2D eigenvalue weighted by Crippen LogP contribution is -2.39. The summed E-state index contributed by atoms with van der Waals surface area (Å²) in [5.41, 5.74) is 9.60. The lowest BCUT2D eigenvalue weighted by molar-refractivity contribution is -0.140. The molecule has 0 unspecified atom stereocenters. The van der Waals surface area contributed by atoms with Crippen molar-refractivity contribution >= 4 is 28.9 Å². The fourth-order valence-electron chi connectivity index (χ4n) is 5.11. The summed E-state index contributed by atoms with van der Waals surface area (Å²) < 4.78 is 12.5. The van der Waals surface area contributed by atoms with Crippen LogP contribution < -0.4 is 5.73 Å². The maximum Gasteiger partial charge on any atom is 0.410 e. The molecule has 6 rings (SSSR count). The number of aromatic nitrogens is 7. The van der Waals surface area contributed by atoms with Crippen LogP contribution in [0.25, 0.3) is 33.8 Å². The van der Waals surface area contributed by atoms with Crippen LogP contribution >= 0.6 is 0 Å². The van der Waals surface area contributed by atoms with Gasteiger partial charge in [0.15, 0.2) is 23.8 Å². The second kappa shape index (κ2) is 10.2. The van der Waals surface area contributed by atoms with E-state index in [0.717, 1.165) is 24.2 Å². The lowest BCUT2D eigenvalue weighted by Gasteiger charge is -2.31. The number of nitrogens with zero attached hydrogens (tertiary/aromatic N) is 8. The van der Waals surface area contributed by atoms with Crippen molar-refractivity contribution in [1.82, 2.24) is 39.8 Å². The van der Waals surface area contributed by atoms with Crippen molar-refractivity contribution in [3.63, 3.8) is 0 Å². The molecule has 0 bridgehead atoms. The van der Waals surface area contributed by atoms with Gasteiger partial charge >= 0.3 is 12.1 Å². The quantitative estimate of drug-likeness (QED) is 0.344. The van der Waals surface area contributed by atoms with Gasteiger partial charge in [0, 0.05) is 37.4 Å². The van der Waals surface area contributed by atoms with Crippen molar-refractivity contribution in [3.05, 3.63) is 30.0 Å². The zero-order valence-corrected chi connectivity index (χ0v) is 22.1. The summed E-state index contributed by atoms with van der Waals surface area (Å²) in [5.74, 6) is 0.752. The molecule has 1 aliphatic heterocycles. The van der Waals surface area contributed by atoms with Crippen LogP contribution in [0.15, 0.2) is 23.2 Å². The number of rotatable bonds is 7. The summed E-state index contributed by atoms with van der Waals surface area (Å²) in [6, 6.07) is 0.0322. The number of carboxylic acids is 1. The molecule has 1 aliphatic carbocycles. The average Bonchev–Trinajstić information content (AvgIpc) is 3.58. The molecule has 1 amide bonds. The summed E-state index contributed by atoms with van der Waals surface area (Å²) in [7, 11) is 0. The number of amides is 1. The molecule has 3 N–H and O–H groups in total. The average molecular weight is 548 g/mol. The number of aliphatic carboxylic acids is 1. The summed E-state index contributed by atoms with van der Waals surface area (Å²) in [5, 5.41) is 18.6. The Hall–Kier alpha value is -4.62. The highest BCUT2D eigenvalue weighted by Gasteiger charge is 2.36. The molecular weight excluding hydrogens is 518 g/mol. The van der Waals surface area contributed by atoms with E-state index in [1.165, 1.54) is 11.2 Å². The topological polar surface area (TPSA) is 188 Å². The van der Waals surface area contributed by atoms with Gasteiger partial charge in [-0.2, -0.15) is 5.10 Å². The Bertz CT molecular complexity index is 1570. The number of likely N-dealkylation sites (tertiary alicyclic amines) is 1. The molecule has 0 spiro atoms. The summed E-state index contributed by atoms with van der Waals surface area (Å²) >= 11 is 0. The maximum atomic E-state index is 12.1. The van der Waals surface area contributed by atoms with Crippen molar-refractivity contribution < 1.29 is 24.0 Å². The fourth-order valence-corrected chi connectivity index (χ4v) is 5.11.